The lowest BCUT2D eigenvalue weighted by Crippen LogP contribution is -1.85. The average Bonchev–Trinajstić information content (AvgIpc) is 2.51. The predicted octanol–water partition coefficient (Wildman–Crippen LogP) is 5.07. The number of hydrogen-bond acceptors (Lipinski definition) is 2. The van der Waals surface area contributed by atoms with Gasteiger partial charge in [0.2, 0.25) is 0 Å². The second-order valence-corrected chi connectivity index (χ2v) is 5.43. The Morgan fingerprint density at radius 3 is 1.59 bits per heavy atom. The number of phenols is 2. The maximum atomic E-state index is 9.84. The molecule has 0 radical (unpaired) electrons. The van der Waals surface area contributed by atoms with Gasteiger partial charge in [-0.15, -0.1) is 0 Å². The molecular formula is C20H14O2. The zero-order valence-corrected chi connectivity index (χ0v) is 11.8. The minimum atomic E-state index is 0.0621. The number of aromatic hydroxyl groups is 2. The van der Waals surface area contributed by atoms with Crippen molar-refractivity contribution in [2.45, 2.75) is 0 Å². The highest BCUT2D eigenvalue weighted by Crippen LogP contribution is 2.38. The standard InChI is InChI=1S/C20H14O2/c21-16-10-15(11-17(22)12-16)20-18-7-3-1-5-13(18)9-14-6-2-4-8-19(14)20/h1-12,21-22H. The zero-order chi connectivity index (χ0) is 15.1. The average molecular weight is 286 g/mol. The molecule has 0 heterocycles. The molecule has 4 rings (SSSR count). The van der Waals surface area contributed by atoms with Crippen molar-refractivity contribution >= 4 is 21.5 Å². The van der Waals surface area contributed by atoms with Crippen LogP contribution < -0.4 is 0 Å². The number of phenolic OH excluding ortho intramolecular Hbond substituents is 2. The van der Waals surface area contributed by atoms with E-state index >= 15 is 0 Å². The molecule has 0 fully saturated rings. The first-order valence-electron chi connectivity index (χ1n) is 7.16. The molecule has 0 aliphatic rings. The van der Waals surface area contributed by atoms with Crippen molar-refractivity contribution < 1.29 is 10.2 Å². The summed E-state index contributed by atoms with van der Waals surface area (Å²) in [6.45, 7) is 0. The molecule has 0 saturated carbocycles. The molecule has 0 amide bonds. The normalized spacial score (nSPS) is 11.1. The van der Waals surface area contributed by atoms with Gasteiger partial charge in [-0.1, -0.05) is 48.5 Å². The van der Waals surface area contributed by atoms with Gasteiger partial charge < -0.3 is 10.2 Å². The van der Waals surface area contributed by atoms with Gasteiger partial charge in [0.1, 0.15) is 11.5 Å². The molecule has 0 aromatic heterocycles. The van der Waals surface area contributed by atoms with Gasteiger partial charge in [-0.2, -0.15) is 0 Å². The lowest BCUT2D eigenvalue weighted by molar-refractivity contribution is 0.451. The van der Waals surface area contributed by atoms with E-state index in [1.54, 1.807) is 12.1 Å². The minimum absolute atomic E-state index is 0.0621. The van der Waals surface area contributed by atoms with Gasteiger partial charge in [-0.05, 0) is 50.9 Å². The Kier molecular flexibility index (Phi) is 2.76. The third kappa shape index (κ3) is 1.97. The number of fused-ring (bicyclic) bond motifs is 2. The Morgan fingerprint density at radius 1 is 0.545 bits per heavy atom. The van der Waals surface area contributed by atoms with E-state index in [0.29, 0.717) is 0 Å². The monoisotopic (exact) mass is 286 g/mol. The second kappa shape index (κ2) is 4.78. The fraction of sp³-hybridized carbons (Fsp3) is 0. The van der Waals surface area contributed by atoms with Crippen molar-refractivity contribution in [3.63, 3.8) is 0 Å². The van der Waals surface area contributed by atoms with E-state index in [0.717, 1.165) is 32.7 Å². The van der Waals surface area contributed by atoms with Gasteiger partial charge in [0.25, 0.3) is 0 Å². The minimum Gasteiger partial charge on any atom is -0.508 e. The third-order valence-corrected chi connectivity index (χ3v) is 3.96. The third-order valence-electron chi connectivity index (χ3n) is 3.96. The Bertz CT molecular complexity index is 929. The quantitative estimate of drug-likeness (QED) is 0.479. The van der Waals surface area contributed by atoms with Crippen molar-refractivity contribution in [2.75, 3.05) is 0 Å². The van der Waals surface area contributed by atoms with Gasteiger partial charge in [0, 0.05) is 6.07 Å². The highest BCUT2D eigenvalue weighted by atomic mass is 16.3. The summed E-state index contributed by atoms with van der Waals surface area (Å²) in [6, 6.07) is 23.2. The van der Waals surface area contributed by atoms with Crippen LogP contribution in [-0.4, -0.2) is 10.2 Å². The summed E-state index contributed by atoms with van der Waals surface area (Å²) in [4.78, 5) is 0. The zero-order valence-electron chi connectivity index (χ0n) is 11.8. The SMILES string of the molecule is Oc1cc(O)cc(-c2c3ccccc3cc3ccccc23)c1. The molecule has 0 unspecified atom stereocenters. The van der Waals surface area contributed by atoms with Gasteiger partial charge in [0.15, 0.2) is 0 Å². The molecule has 4 aromatic rings. The summed E-state index contributed by atoms with van der Waals surface area (Å²) in [5.41, 5.74) is 1.84. The second-order valence-electron chi connectivity index (χ2n) is 5.43. The Labute approximate surface area is 127 Å². The van der Waals surface area contributed by atoms with Crippen LogP contribution >= 0.6 is 0 Å². The lowest BCUT2D eigenvalue weighted by atomic mass is 9.92. The summed E-state index contributed by atoms with van der Waals surface area (Å²) >= 11 is 0. The summed E-state index contributed by atoms with van der Waals surface area (Å²) in [5, 5.41) is 24.2. The summed E-state index contributed by atoms with van der Waals surface area (Å²) in [7, 11) is 0. The molecule has 2 nitrogen and oxygen atoms in total. The maximum Gasteiger partial charge on any atom is 0.119 e. The topological polar surface area (TPSA) is 40.5 Å². The Hall–Kier alpha value is -3.00. The molecule has 0 aliphatic heterocycles. The van der Waals surface area contributed by atoms with Crippen molar-refractivity contribution in [3.8, 4) is 22.6 Å². The predicted molar refractivity (Wildman–Crippen MR) is 90.2 cm³/mol. The Balaban J connectivity index is 2.21. The van der Waals surface area contributed by atoms with E-state index < -0.39 is 0 Å². The van der Waals surface area contributed by atoms with Gasteiger partial charge >= 0.3 is 0 Å². The molecule has 0 bridgehead atoms. The van der Waals surface area contributed by atoms with Crippen molar-refractivity contribution in [2.24, 2.45) is 0 Å². The first-order chi connectivity index (χ1) is 10.7. The Morgan fingerprint density at radius 2 is 1.05 bits per heavy atom. The number of rotatable bonds is 1. The first kappa shape index (κ1) is 12.7. The van der Waals surface area contributed by atoms with Crippen LogP contribution in [-0.2, 0) is 0 Å². The highest BCUT2D eigenvalue weighted by molar-refractivity contribution is 6.12. The van der Waals surface area contributed by atoms with E-state index in [1.807, 2.05) is 24.3 Å². The van der Waals surface area contributed by atoms with E-state index in [4.69, 9.17) is 0 Å². The molecule has 0 atom stereocenters. The van der Waals surface area contributed by atoms with Crippen molar-refractivity contribution in [3.05, 3.63) is 72.8 Å². The largest absolute Gasteiger partial charge is 0.508 e. The van der Waals surface area contributed by atoms with Crippen LogP contribution in [0.1, 0.15) is 0 Å². The molecule has 2 heteroatoms. The number of benzene rings is 4. The smallest absolute Gasteiger partial charge is 0.119 e. The molecule has 2 N–H and O–H groups in total. The number of hydrogen-bond donors (Lipinski definition) is 2. The van der Waals surface area contributed by atoms with Crippen LogP contribution in [0.15, 0.2) is 72.8 Å². The molecular weight excluding hydrogens is 272 g/mol. The van der Waals surface area contributed by atoms with Crippen molar-refractivity contribution in [1.29, 1.82) is 0 Å². The molecule has 0 saturated heterocycles. The van der Waals surface area contributed by atoms with E-state index in [-0.39, 0.29) is 11.5 Å². The first-order valence-corrected chi connectivity index (χ1v) is 7.16. The van der Waals surface area contributed by atoms with E-state index in [1.165, 1.54) is 6.07 Å². The van der Waals surface area contributed by atoms with Crippen LogP contribution in [0.5, 0.6) is 11.5 Å². The van der Waals surface area contributed by atoms with Crippen LogP contribution in [0.25, 0.3) is 32.7 Å². The van der Waals surface area contributed by atoms with Crippen molar-refractivity contribution in [1.82, 2.24) is 0 Å². The van der Waals surface area contributed by atoms with Gasteiger partial charge in [-0.25, -0.2) is 0 Å². The lowest BCUT2D eigenvalue weighted by Gasteiger charge is -2.12. The fourth-order valence-corrected chi connectivity index (χ4v) is 3.06. The van der Waals surface area contributed by atoms with E-state index in [9.17, 15) is 10.2 Å². The maximum absolute atomic E-state index is 9.84. The molecule has 0 aliphatic carbocycles. The van der Waals surface area contributed by atoms with Gasteiger partial charge in [0.05, 0.1) is 0 Å². The van der Waals surface area contributed by atoms with E-state index in [2.05, 4.69) is 30.3 Å². The summed E-state index contributed by atoms with van der Waals surface area (Å²) < 4.78 is 0. The van der Waals surface area contributed by atoms with Crippen LogP contribution in [0, 0.1) is 0 Å². The van der Waals surface area contributed by atoms with Crippen LogP contribution in [0.4, 0.5) is 0 Å². The highest BCUT2D eigenvalue weighted by Gasteiger charge is 2.11. The molecule has 106 valence electrons. The summed E-state index contributed by atoms with van der Waals surface area (Å²) in [6.07, 6.45) is 0. The summed E-state index contributed by atoms with van der Waals surface area (Å²) in [5.74, 6) is 0.124. The van der Waals surface area contributed by atoms with Crippen LogP contribution in [0.3, 0.4) is 0 Å². The molecule has 0 spiro atoms. The fourth-order valence-electron chi connectivity index (χ4n) is 3.06. The van der Waals surface area contributed by atoms with Gasteiger partial charge in [-0.3, -0.25) is 0 Å². The molecule has 22 heavy (non-hydrogen) atoms. The molecule has 4 aromatic carbocycles. The van der Waals surface area contributed by atoms with Crippen LogP contribution in [0.2, 0.25) is 0 Å².